The van der Waals surface area contributed by atoms with Crippen LogP contribution in [0.1, 0.15) is 22.3 Å². The Hall–Kier alpha value is -0.290. The molecule has 0 aliphatic heterocycles. The predicted octanol–water partition coefficient (Wildman–Crippen LogP) is 4.15. The van der Waals surface area contributed by atoms with Crippen molar-refractivity contribution >= 4 is 38.9 Å². The summed E-state index contributed by atoms with van der Waals surface area (Å²) >= 11 is 10.6. The summed E-state index contributed by atoms with van der Waals surface area (Å²) in [6.07, 6.45) is 0.887. The number of hydrogen-bond donors (Lipinski definition) is 1. The predicted molar refractivity (Wildman–Crippen MR) is 64.5 cm³/mol. The van der Waals surface area contributed by atoms with Gasteiger partial charge >= 0.3 is 0 Å². The van der Waals surface area contributed by atoms with Crippen LogP contribution < -0.4 is 0 Å². The van der Waals surface area contributed by atoms with Gasteiger partial charge in [0.15, 0.2) is 0 Å². The zero-order valence-corrected chi connectivity index (χ0v) is 11.0. The molecule has 2 rings (SSSR count). The van der Waals surface area contributed by atoms with Crippen LogP contribution in [0, 0.1) is 6.92 Å². The van der Waals surface area contributed by atoms with E-state index in [4.69, 9.17) is 16.0 Å². The molecule has 0 spiro atoms. The van der Waals surface area contributed by atoms with E-state index in [2.05, 4.69) is 15.9 Å². The molecule has 0 amide bonds. The van der Waals surface area contributed by atoms with Crippen molar-refractivity contribution in [3.8, 4) is 0 Å². The van der Waals surface area contributed by atoms with Gasteiger partial charge in [0.1, 0.15) is 11.9 Å². The Bertz CT molecular complexity index is 458. The molecule has 1 atom stereocenters. The molecule has 15 heavy (non-hydrogen) atoms. The molecule has 0 saturated heterocycles. The third-order valence-corrected chi connectivity index (χ3v) is 4.53. The summed E-state index contributed by atoms with van der Waals surface area (Å²) in [5.41, 5.74) is 0.748. The Kier molecular flexibility index (Phi) is 3.21. The van der Waals surface area contributed by atoms with Gasteiger partial charge in [0.2, 0.25) is 0 Å². The van der Waals surface area contributed by atoms with E-state index in [-0.39, 0.29) is 0 Å². The van der Waals surface area contributed by atoms with E-state index in [0.717, 1.165) is 20.0 Å². The maximum Gasteiger partial charge on any atom is 0.116 e. The Balaban J connectivity index is 2.31. The molecule has 2 nitrogen and oxygen atoms in total. The molecule has 2 aromatic heterocycles. The smallest absolute Gasteiger partial charge is 0.116 e. The van der Waals surface area contributed by atoms with Crippen molar-refractivity contribution in [2.45, 2.75) is 13.0 Å². The van der Waals surface area contributed by atoms with Crippen LogP contribution in [0.2, 0.25) is 5.02 Å². The zero-order chi connectivity index (χ0) is 11.0. The van der Waals surface area contributed by atoms with Gasteiger partial charge in [-0.25, -0.2) is 0 Å². The summed E-state index contributed by atoms with van der Waals surface area (Å²) in [5.74, 6) is 0.783. The number of halogens is 2. The van der Waals surface area contributed by atoms with Gasteiger partial charge in [-0.15, -0.1) is 11.3 Å². The minimum absolute atomic E-state index is 0.620. The molecule has 1 unspecified atom stereocenters. The first-order valence-corrected chi connectivity index (χ1v) is 6.24. The monoisotopic (exact) mass is 306 g/mol. The van der Waals surface area contributed by atoms with Crippen LogP contribution in [0.25, 0.3) is 0 Å². The second-order valence-corrected chi connectivity index (χ2v) is 5.97. The number of aliphatic hydroxyl groups excluding tert-OH is 1. The van der Waals surface area contributed by atoms with E-state index in [0.29, 0.717) is 5.02 Å². The molecule has 0 aliphatic carbocycles. The third-order valence-electron chi connectivity index (χ3n) is 2.00. The van der Waals surface area contributed by atoms with Crippen molar-refractivity contribution in [2.75, 3.05) is 0 Å². The molecule has 0 aromatic carbocycles. The van der Waals surface area contributed by atoms with Gasteiger partial charge in [-0.1, -0.05) is 11.6 Å². The SMILES string of the molecule is Cc1cc(C(O)c2cc(Cl)c(Br)s2)co1. The fraction of sp³-hybridized carbons (Fsp3) is 0.200. The Morgan fingerprint density at radius 2 is 2.27 bits per heavy atom. The fourth-order valence-electron chi connectivity index (χ4n) is 1.27. The summed E-state index contributed by atoms with van der Waals surface area (Å²) in [7, 11) is 0. The van der Waals surface area contributed by atoms with Crippen molar-refractivity contribution in [1.29, 1.82) is 0 Å². The lowest BCUT2D eigenvalue weighted by Crippen LogP contribution is -1.94. The standard InChI is InChI=1S/C10H8BrClO2S/c1-5-2-6(4-14-5)9(13)8-3-7(12)10(11)15-8/h2-4,9,13H,1H3. The molecule has 5 heteroatoms. The van der Waals surface area contributed by atoms with Crippen molar-refractivity contribution in [3.63, 3.8) is 0 Å². The van der Waals surface area contributed by atoms with E-state index in [1.54, 1.807) is 12.3 Å². The second-order valence-electron chi connectivity index (χ2n) is 3.16. The summed E-state index contributed by atoms with van der Waals surface area (Å²) in [6, 6.07) is 3.56. The van der Waals surface area contributed by atoms with Gasteiger partial charge < -0.3 is 9.52 Å². The molecule has 0 radical (unpaired) electrons. The lowest BCUT2D eigenvalue weighted by Gasteiger charge is -2.03. The van der Waals surface area contributed by atoms with Crippen LogP contribution in [0.3, 0.4) is 0 Å². The van der Waals surface area contributed by atoms with E-state index >= 15 is 0 Å². The molecular weight excluding hydrogens is 300 g/mol. The summed E-state index contributed by atoms with van der Waals surface area (Å²) < 4.78 is 5.98. The molecule has 0 bridgehead atoms. The van der Waals surface area contributed by atoms with Crippen LogP contribution in [-0.4, -0.2) is 5.11 Å². The minimum atomic E-state index is -0.670. The highest BCUT2D eigenvalue weighted by Crippen LogP contribution is 2.37. The van der Waals surface area contributed by atoms with Crippen LogP contribution >= 0.6 is 38.9 Å². The number of furan rings is 1. The maximum absolute atomic E-state index is 10.0. The number of aliphatic hydroxyl groups is 1. The van der Waals surface area contributed by atoms with Gasteiger partial charge in [0.05, 0.1) is 15.1 Å². The highest BCUT2D eigenvalue weighted by Gasteiger charge is 2.16. The first-order valence-electron chi connectivity index (χ1n) is 4.25. The number of aryl methyl sites for hydroxylation is 1. The molecule has 0 saturated carbocycles. The normalized spacial score (nSPS) is 13.1. The van der Waals surface area contributed by atoms with Crippen LogP contribution in [0.5, 0.6) is 0 Å². The quantitative estimate of drug-likeness (QED) is 0.904. The van der Waals surface area contributed by atoms with Gasteiger partial charge in [-0.3, -0.25) is 0 Å². The van der Waals surface area contributed by atoms with Gasteiger partial charge in [0.25, 0.3) is 0 Å². The fourth-order valence-corrected chi connectivity index (χ4v) is 3.03. The first-order chi connectivity index (χ1) is 7.08. The molecular formula is C10H8BrClO2S. The van der Waals surface area contributed by atoms with Crippen molar-refractivity contribution in [1.82, 2.24) is 0 Å². The number of hydrogen-bond acceptors (Lipinski definition) is 3. The van der Waals surface area contributed by atoms with Crippen molar-refractivity contribution in [2.24, 2.45) is 0 Å². The second kappa shape index (κ2) is 4.29. The van der Waals surface area contributed by atoms with E-state index in [9.17, 15) is 5.11 Å². The van der Waals surface area contributed by atoms with Gasteiger partial charge in [-0.05, 0) is 35.0 Å². The average Bonchev–Trinajstić information content (AvgIpc) is 2.74. The molecule has 2 heterocycles. The van der Waals surface area contributed by atoms with Gasteiger partial charge in [0, 0.05) is 10.4 Å². The maximum atomic E-state index is 10.0. The van der Waals surface area contributed by atoms with Crippen molar-refractivity contribution in [3.05, 3.63) is 43.4 Å². The Morgan fingerprint density at radius 3 is 2.73 bits per heavy atom. The molecule has 2 aromatic rings. The topological polar surface area (TPSA) is 33.4 Å². The Morgan fingerprint density at radius 1 is 1.53 bits per heavy atom. The summed E-state index contributed by atoms with van der Waals surface area (Å²) in [4.78, 5) is 0.799. The highest BCUT2D eigenvalue weighted by atomic mass is 79.9. The lowest BCUT2D eigenvalue weighted by molar-refractivity contribution is 0.223. The summed E-state index contributed by atoms with van der Waals surface area (Å²) in [6.45, 7) is 1.84. The van der Waals surface area contributed by atoms with Gasteiger partial charge in [-0.2, -0.15) is 0 Å². The highest BCUT2D eigenvalue weighted by molar-refractivity contribution is 9.11. The molecule has 0 fully saturated rings. The average molecular weight is 308 g/mol. The third kappa shape index (κ3) is 2.28. The van der Waals surface area contributed by atoms with E-state index in [1.165, 1.54) is 11.3 Å². The molecule has 1 N–H and O–H groups in total. The van der Waals surface area contributed by atoms with Crippen LogP contribution in [0.4, 0.5) is 0 Å². The van der Waals surface area contributed by atoms with Crippen molar-refractivity contribution < 1.29 is 9.52 Å². The van der Waals surface area contributed by atoms with Crippen LogP contribution in [0.15, 0.2) is 26.6 Å². The lowest BCUT2D eigenvalue weighted by atomic mass is 10.1. The van der Waals surface area contributed by atoms with E-state index < -0.39 is 6.10 Å². The first kappa shape index (κ1) is 11.2. The molecule has 0 aliphatic rings. The zero-order valence-electron chi connectivity index (χ0n) is 7.83. The van der Waals surface area contributed by atoms with E-state index in [1.807, 2.05) is 13.0 Å². The largest absolute Gasteiger partial charge is 0.469 e. The molecule has 80 valence electrons. The number of rotatable bonds is 2. The minimum Gasteiger partial charge on any atom is -0.469 e. The summed E-state index contributed by atoms with van der Waals surface area (Å²) in [5, 5.41) is 10.6. The Labute approximate surface area is 105 Å². The number of thiophene rings is 1. The van der Waals surface area contributed by atoms with Crippen LogP contribution in [-0.2, 0) is 0 Å².